The highest BCUT2D eigenvalue weighted by Gasteiger charge is 2.53. The van der Waals surface area contributed by atoms with Crippen LogP contribution in [0.2, 0.25) is 0 Å². The average Bonchev–Trinajstić information content (AvgIpc) is 3.36. The summed E-state index contributed by atoms with van der Waals surface area (Å²) in [7, 11) is -3.77. The number of para-hydroxylation sites is 1. The monoisotopic (exact) mass is 472 g/mol. The molecule has 2 aromatic rings. The number of aliphatic hydroxyl groups is 1. The number of nitrogens with zero attached hydrogens (tertiary/aromatic N) is 1. The number of ether oxygens (including phenoxy) is 1. The summed E-state index contributed by atoms with van der Waals surface area (Å²) in [5.41, 5.74) is 0.951. The van der Waals surface area contributed by atoms with E-state index in [1.54, 1.807) is 42.5 Å². The number of carboxylic acids is 1. The molecule has 3 N–H and O–H groups in total. The maximum absolute atomic E-state index is 13.3. The van der Waals surface area contributed by atoms with Crippen LogP contribution in [0.4, 0.5) is 0 Å². The quantitative estimate of drug-likeness (QED) is 0.591. The summed E-state index contributed by atoms with van der Waals surface area (Å²) >= 11 is 0. The number of likely N-dealkylation sites (tertiary alicyclic amines) is 1. The van der Waals surface area contributed by atoms with Crippen LogP contribution in [0.15, 0.2) is 53.4 Å². The van der Waals surface area contributed by atoms with E-state index < -0.39 is 28.1 Å². The molecule has 2 fully saturated rings. The Bertz CT molecular complexity index is 1130. The number of sulfonamides is 1. The molecule has 9 heteroatoms. The van der Waals surface area contributed by atoms with Crippen LogP contribution in [0.1, 0.15) is 48.8 Å². The average molecular weight is 473 g/mol. The maximum Gasteiger partial charge on any atom is 0.337 e. The highest BCUT2D eigenvalue weighted by molar-refractivity contribution is 7.89. The van der Waals surface area contributed by atoms with E-state index in [1.165, 1.54) is 6.42 Å². The minimum atomic E-state index is -3.77. The zero-order valence-corrected chi connectivity index (χ0v) is 18.9. The first-order chi connectivity index (χ1) is 15.9. The van der Waals surface area contributed by atoms with Crippen LogP contribution >= 0.6 is 0 Å². The van der Waals surface area contributed by atoms with E-state index in [1.807, 2.05) is 6.07 Å². The Labute approximate surface area is 193 Å². The van der Waals surface area contributed by atoms with Gasteiger partial charge in [0.25, 0.3) is 0 Å². The molecule has 5 unspecified atom stereocenters. The molecule has 2 aromatic carbocycles. The molecule has 3 aliphatic rings. The fraction of sp³-hybridized carbons (Fsp3) is 0.458. The van der Waals surface area contributed by atoms with Gasteiger partial charge in [0.05, 0.1) is 4.90 Å². The van der Waals surface area contributed by atoms with Gasteiger partial charge < -0.3 is 14.9 Å². The molecule has 2 aliphatic heterocycles. The number of fused-ring (bicyclic) bond motifs is 3. The first kappa shape index (κ1) is 22.3. The van der Waals surface area contributed by atoms with Crippen molar-refractivity contribution < 1.29 is 28.2 Å². The minimum absolute atomic E-state index is 0.0278. The first-order valence-electron chi connectivity index (χ1n) is 11.4. The predicted molar refractivity (Wildman–Crippen MR) is 121 cm³/mol. The zero-order valence-electron chi connectivity index (χ0n) is 18.1. The summed E-state index contributed by atoms with van der Waals surface area (Å²) in [5.74, 6) is -1.26. The van der Waals surface area contributed by atoms with E-state index in [0.717, 1.165) is 31.5 Å². The molecule has 5 atom stereocenters. The van der Waals surface area contributed by atoms with Gasteiger partial charge in [-0.25, -0.2) is 17.9 Å². The molecule has 0 aromatic heterocycles. The second-order valence-electron chi connectivity index (χ2n) is 9.05. The third-order valence-electron chi connectivity index (χ3n) is 7.11. The Morgan fingerprint density at radius 1 is 1.06 bits per heavy atom. The fourth-order valence-electron chi connectivity index (χ4n) is 5.61. The van der Waals surface area contributed by atoms with Crippen molar-refractivity contribution in [1.29, 1.82) is 0 Å². The summed E-state index contributed by atoms with van der Waals surface area (Å²) in [6, 6.07) is 12.9. The smallest absolute Gasteiger partial charge is 0.337 e. The number of piperidine rings is 1. The molecule has 176 valence electrons. The maximum atomic E-state index is 13.3. The fourth-order valence-corrected chi connectivity index (χ4v) is 6.93. The number of rotatable bonds is 6. The van der Waals surface area contributed by atoms with Crippen molar-refractivity contribution in [1.82, 2.24) is 9.62 Å². The highest BCUT2D eigenvalue weighted by Crippen LogP contribution is 2.51. The molecule has 2 heterocycles. The molecule has 1 saturated heterocycles. The van der Waals surface area contributed by atoms with Crippen molar-refractivity contribution in [3.8, 4) is 5.75 Å². The van der Waals surface area contributed by atoms with Crippen LogP contribution in [0.25, 0.3) is 0 Å². The number of nitrogens with one attached hydrogen (secondary N) is 1. The van der Waals surface area contributed by atoms with Gasteiger partial charge in [-0.1, -0.05) is 42.8 Å². The molecule has 0 bridgehead atoms. The first-order valence-corrected chi connectivity index (χ1v) is 12.9. The summed E-state index contributed by atoms with van der Waals surface area (Å²) in [5, 5.41) is 19.5. The largest absolute Gasteiger partial charge is 0.489 e. The zero-order chi connectivity index (χ0) is 23.2. The van der Waals surface area contributed by atoms with Gasteiger partial charge in [-0.3, -0.25) is 4.90 Å². The third kappa shape index (κ3) is 4.03. The Morgan fingerprint density at radius 2 is 1.79 bits per heavy atom. The summed E-state index contributed by atoms with van der Waals surface area (Å²) in [6.07, 6.45) is 1.97. The van der Waals surface area contributed by atoms with E-state index in [0.29, 0.717) is 12.2 Å². The van der Waals surface area contributed by atoms with Crippen molar-refractivity contribution >= 4 is 16.0 Å². The van der Waals surface area contributed by atoms with Crippen LogP contribution in [0.3, 0.4) is 0 Å². The Balaban J connectivity index is 1.53. The topological polar surface area (TPSA) is 116 Å². The van der Waals surface area contributed by atoms with Crippen molar-refractivity contribution in [2.24, 2.45) is 0 Å². The minimum Gasteiger partial charge on any atom is -0.489 e. The van der Waals surface area contributed by atoms with Crippen LogP contribution in [0.5, 0.6) is 5.75 Å². The standard InChI is InChI=1S/C24H28N2O6S/c27-22(24(28)29)17-11-7-10-16-20-19(32-23(16)17)14-18(26-12-5-2-6-13-26)21(20)25-33(30,31)15-8-3-1-4-9-15/h1,3-4,7-11,18-22,25,27H,2,5-6,12-14H2,(H,28,29). The van der Waals surface area contributed by atoms with Crippen molar-refractivity contribution in [3.63, 3.8) is 0 Å². The lowest BCUT2D eigenvalue weighted by atomic mass is 9.91. The number of aliphatic hydroxyl groups excluding tert-OH is 1. The van der Waals surface area contributed by atoms with Gasteiger partial charge in [0, 0.05) is 35.5 Å². The van der Waals surface area contributed by atoms with Crippen LogP contribution < -0.4 is 9.46 Å². The SMILES string of the molecule is O=C(O)C(O)c1cccc2c1OC1CC(N3CCCCC3)C(NS(=O)(=O)c3ccccc3)C21. The molecule has 1 aliphatic carbocycles. The van der Waals surface area contributed by atoms with E-state index in [9.17, 15) is 23.4 Å². The van der Waals surface area contributed by atoms with Crippen LogP contribution in [0, 0.1) is 0 Å². The summed E-state index contributed by atoms with van der Waals surface area (Å²) in [6.45, 7) is 1.83. The van der Waals surface area contributed by atoms with Gasteiger partial charge in [-0.15, -0.1) is 0 Å². The van der Waals surface area contributed by atoms with Crippen molar-refractivity contribution in [3.05, 3.63) is 59.7 Å². The molecular formula is C24H28N2O6S. The van der Waals surface area contributed by atoms with Gasteiger partial charge in [0.2, 0.25) is 10.0 Å². The molecule has 5 rings (SSSR count). The van der Waals surface area contributed by atoms with Gasteiger partial charge in [-0.05, 0) is 38.1 Å². The van der Waals surface area contributed by atoms with Crippen LogP contribution in [-0.4, -0.2) is 60.8 Å². The number of carbonyl (C=O) groups is 1. The Kier molecular flexibility index (Phi) is 5.90. The molecular weight excluding hydrogens is 444 g/mol. The number of carboxylic acid groups (broad SMARTS) is 1. The van der Waals surface area contributed by atoms with Gasteiger partial charge in [-0.2, -0.15) is 0 Å². The highest BCUT2D eigenvalue weighted by atomic mass is 32.2. The predicted octanol–water partition coefficient (Wildman–Crippen LogP) is 2.25. The normalized spacial score (nSPS) is 28.0. The third-order valence-corrected chi connectivity index (χ3v) is 8.59. The number of benzene rings is 2. The van der Waals surface area contributed by atoms with Crippen molar-refractivity contribution in [2.75, 3.05) is 13.1 Å². The molecule has 8 nitrogen and oxygen atoms in total. The Morgan fingerprint density at radius 3 is 2.48 bits per heavy atom. The molecule has 0 spiro atoms. The number of hydrogen-bond acceptors (Lipinski definition) is 6. The lowest BCUT2D eigenvalue weighted by Gasteiger charge is -2.37. The van der Waals surface area contributed by atoms with E-state index in [-0.39, 0.29) is 28.5 Å². The molecule has 1 saturated carbocycles. The number of aliphatic carboxylic acids is 1. The van der Waals surface area contributed by atoms with Crippen molar-refractivity contribution in [2.45, 2.75) is 60.8 Å². The molecule has 0 amide bonds. The van der Waals surface area contributed by atoms with Gasteiger partial charge in [0.15, 0.2) is 6.10 Å². The van der Waals surface area contributed by atoms with E-state index >= 15 is 0 Å². The Hall–Kier alpha value is -2.46. The molecule has 33 heavy (non-hydrogen) atoms. The van der Waals surface area contributed by atoms with E-state index in [2.05, 4.69) is 9.62 Å². The molecule has 0 radical (unpaired) electrons. The van der Waals surface area contributed by atoms with Crippen LogP contribution in [-0.2, 0) is 14.8 Å². The summed E-state index contributed by atoms with van der Waals surface area (Å²) in [4.78, 5) is 14.0. The summed E-state index contributed by atoms with van der Waals surface area (Å²) < 4.78 is 35.8. The second kappa shape index (κ2) is 8.72. The van der Waals surface area contributed by atoms with Gasteiger partial charge >= 0.3 is 5.97 Å². The van der Waals surface area contributed by atoms with E-state index in [4.69, 9.17) is 4.74 Å². The number of hydrogen-bond donors (Lipinski definition) is 3. The second-order valence-corrected chi connectivity index (χ2v) is 10.8. The van der Waals surface area contributed by atoms with Gasteiger partial charge in [0.1, 0.15) is 11.9 Å². The lowest BCUT2D eigenvalue weighted by molar-refractivity contribution is -0.147. The lowest BCUT2D eigenvalue weighted by Crippen LogP contribution is -2.51.